The van der Waals surface area contributed by atoms with Crippen LogP contribution in [-0.2, 0) is 9.53 Å². The number of hydrogen-bond donors (Lipinski definition) is 0. The molecule has 2 rings (SSSR count). The van der Waals surface area contributed by atoms with E-state index in [1.807, 2.05) is 0 Å². The van der Waals surface area contributed by atoms with Crippen molar-refractivity contribution in [1.29, 1.82) is 5.26 Å². The third-order valence-electron chi connectivity index (χ3n) is 3.21. The molecule has 20 heavy (non-hydrogen) atoms. The fourth-order valence-corrected chi connectivity index (χ4v) is 2.32. The first-order chi connectivity index (χ1) is 9.60. The highest BCUT2D eigenvalue weighted by Gasteiger charge is 2.37. The number of nitrogens with zero attached hydrogens (tertiary/aromatic N) is 4. The molecule has 1 aromatic rings. The van der Waals surface area contributed by atoms with Crippen molar-refractivity contribution in [3.8, 4) is 6.07 Å². The summed E-state index contributed by atoms with van der Waals surface area (Å²) in [5, 5.41) is 20.1. The molecule has 104 valence electrons. The molecule has 0 aromatic carbocycles. The van der Waals surface area contributed by atoms with Crippen LogP contribution in [0.1, 0.15) is 18.4 Å². The number of pyridine rings is 1. The minimum absolute atomic E-state index is 0.0435. The highest BCUT2D eigenvalue weighted by molar-refractivity contribution is 5.82. The summed E-state index contributed by atoms with van der Waals surface area (Å²) in [6.45, 7) is 0.461. The first kappa shape index (κ1) is 13.7. The molecule has 2 heterocycles. The van der Waals surface area contributed by atoms with Crippen LogP contribution >= 0.6 is 0 Å². The van der Waals surface area contributed by atoms with E-state index in [9.17, 15) is 14.9 Å². The Balaban J connectivity index is 2.50. The largest absolute Gasteiger partial charge is 0.467 e. The number of anilines is 1. The van der Waals surface area contributed by atoms with Crippen molar-refractivity contribution in [2.24, 2.45) is 0 Å². The van der Waals surface area contributed by atoms with Crippen LogP contribution in [0.5, 0.6) is 0 Å². The zero-order valence-corrected chi connectivity index (χ0v) is 10.8. The molecule has 1 aromatic heterocycles. The van der Waals surface area contributed by atoms with Gasteiger partial charge in [-0.15, -0.1) is 0 Å². The van der Waals surface area contributed by atoms with Crippen LogP contribution in [0.25, 0.3) is 0 Å². The van der Waals surface area contributed by atoms with Gasteiger partial charge in [-0.2, -0.15) is 5.26 Å². The molecule has 1 atom stereocenters. The van der Waals surface area contributed by atoms with Gasteiger partial charge in [0.1, 0.15) is 17.7 Å². The third-order valence-corrected chi connectivity index (χ3v) is 3.21. The zero-order valence-electron chi connectivity index (χ0n) is 10.8. The SMILES string of the molecule is COC(=O)C1CCCN1c1nccc(C#N)c1[N+](=O)[O-]. The maximum atomic E-state index is 11.7. The molecule has 1 fully saturated rings. The summed E-state index contributed by atoms with van der Waals surface area (Å²) in [6.07, 6.45) is 2.57. The van der Waals surface area contributed by atoms with Gasteiger partial charge >= 0.3 is 11.7 Å². The number of nitriles is 1. The molecule has 0 amide bonds. The van der Waals surface area contributed by atoms with E-state index >= 15 is 0 Å². The second kappa shape index (κ2) is 5.52. The maximum Gasteiger partial charge on any atom is 0.329 e. The van der Waals surface area contributed by atoms with Gasteiger partial charge in [-0.25, -0.2) is 9.78 Å². The summed E-state index contributed by atoms with van der Waals surface area (Å²) in [6, 6.07) is 2.46. The fourth-order valence-electron chi connectivity index (χ4n) is 2.32. The van der Waals surface area contributed by atoms with Gasteiger partial charge in [0, 0.05) is 12.7 Å². The molecule has 0 bridgehead atoms. The molecule has 8 nitrogen and oxygen atoms in total. The maximum absolute atomic E-state index is 11.7. The zero-order chi connectivity index (χ0) is 14.7. The minimum atomic E-state index is -0.645. The van der Waals surface area contributed by atoms with Gasteiger partial charge in [0.15, 0.2) is 0 Å². The Bertz CT molecular complexity index is 596. The van der Waals surface area contributed by atoms with Gasteiger partial charge in [-0.1, -0.05) is 0 Å². The molecule has 0 spiro atoms. The van der Waals surface area contributed by atoms with E-state index in [2.05, 4.69) is 4.98 Å². The first-order valence-electron chi connectivity index (χ1n) is 5.98. The molecule has 8 heteroatoms. The van der Waals surface area contributed by atoms with Gasteiger partial charge in [-0.3, -0.25) is 10.1 Å². The van der Waals surface area contributed by atoms with Crippen LogP contribution in [0.15, 0.2) is 12.3 Å². The van der Waals surface area contributed by atoms with E-state index in [0.29, 0.717) is 19.4 Å². The van der Waals surface area contributed by atoms with Gasteiger partial charge in [0.05, 0.1) is 12.0 Å². The van der Waals surface area contributed by atoms with Gasteiger partial charge < -0.3 is 9.64 Å². The van der Waals surface area contributed by atoms with Crippen molar-refractivity contribution in [3.63, 3.8) is 0 Å². The normalized spacial score (nSPS) is 17.6. The van der Waals surface area contributed by atoms with E-state index in [-0.39, 0.29) is 17.1 Å². The Morgan fingerprint density at radius 3 is 3.05 bits per heavy atom. The Kier molecular flexibility index (Phi) is 3.79. The average molecular weight is 276 g/mol. The number of hydrogen-bond acceptors (Lipinski definition) is 7. The third kappa shape index (κ3) is 2.25. The fraction of sp³-hybridized carbons (Fsp3) is 0.417. The topological polar surface area (TPSA) is 109 Å². The quantitative estimate of drug-likeness (QED) is 0.460. The van der Waals surface area contributed by atoms with Crippen molar-refractivity contribution >= 4 is 17.5 Å². The van der Waals surface area contributed by atoms with Crippen LogP contribution in [0.3, 0.4) is 0 Å². The molecular weight excluding hydrogens is 264 g/mol. The van der Waals surface area contributed by atoms with Crippen LogP contribution < -0.4 is 4.90 Å². The number of ether oxygens (including phenoxy) is 1. The number of carbonyl (C=O) groups excluding carboxylic acids is 1. The lowest BCUT2D eigenvalue weighted by atomic mass is 10.2. The number of esters is 1. The van der Waals surface area contributed by atoms with Gasteiger partial charge in [-0.05, 0) is 18.9 Å². The summed E-state index contributed by atoms with van der Waals surface area (Å²) >= 11 is 0. The molecule has 0 saturated carbocycles. The van der Waals surface area contributed by atoms with E-state index in [0.717, 1.165) is 0 Å². The van der Waals surface area contributed by atoms with Crippen LogP contribution in [0.4, 0.5) is 11.5 Å². The lowest BCUT2D eigenvalue weighted by molar-refractivity contribution is -0.384. The van der Waals surface area contributed by atoms with E-state index in [4.69, 9.17) is 10.00 Å². The number of carbonyl (C=O) groups is 1. The summed E-state index contributed by atoms with van der Waals surface area (Å²) in [7, 11) is 1.27. The second-order valence-electron chi connectivity index (χ2n) is 4.27. The van der Waals surface area contributed by atoms with E-state index in [1.54, 1.807) is 6.07 Å². The minimum Gasteiger partial charge on any atom is -0.467 e. The molecular formula is C12H12N4O4. The summed E-state index contributed by atoms with van der Waals surface area (Å²) in [5.41, 5.74) is -0.443. The molecule has 0 aliphatic carbocycles. The molecule has 1 aliphatic heterocycles. The lowest BCUT2D eigenvalue weighted by Crippen LogP contribution is -2.37. The van der Waals surface area contributed by atoms with Crippen molar-refractivity contribution in [2.75, 3.05) is 18.6 Å². The highest BCUT2D eigenvalue weighted by atomic mass is 16.6. The molecule has 1 saturated heterocycles. The number of rotatable bonds is 3. The van der Waals surface area contributed by atoms with Crippen molar-refractivity contribution in [2.45, 2.75) is 18.9 Å². The Morgan fingerprint density at radius 1 is 1.70 bits per heavy atom. The Labute approximate surface area is 114 Å². The molecule has 1 unspecified atom stereocenters. The number of aromatic nitrogens is 1. The Morgan fingerprint density at radius 2 is 2.45 bits per heavy atom. The van der Waals surface area contributed by atoms with Crippen LogP contribution in [0.2, 0.25) is 0 Å². The predicted molar refractivity (Wildman–Crippen MR) is 68.0 cm³/mol. The van der Waals surface area contributed by atoms with Crippen molar-refractivity contribution in [1.82, 2.24) is 4.98 Å². The molecule has 0 N–H and O–H groups in total. The standard InChI is InChI=1S/C12H12N4O4/c1-20-12(17)9-3-2-6-15(9)11-10(16(18)19)8(7-13)4-5-14-11/h4-5,9H,2-3,6H2,1H3. The predicted octanol–water partition coefficient (Wildman–Crippen LogP) is 1.00. The number of nitro groups is 1. The Hall–Kier alpha value is -2.69. The van der Waals surface area contributed by atoms with Crippen molar-refractivity contribution in [3.05, 3.63) is 27.9 Å². The molecule has 0 radical (unpaired) electrons. The lowest BCUT2D eigenvalue weighted by Gasteiger charge is -2.23. The van der Waals surface area contributed by atoms with Crippen LogP contribution in [-0.4, -0.2) is 35.6 Å². The van der Waals surface area contributed by atoms with Gasteiger partial charge in [0.25, 0.3) is 0 Å². The van der Waals surface area contributed by atoms with Crippen molar-refractivity contribution < 1.29 is 14.5 Å². The first-order valence-corrected chi connectivity index (χ1v) is 5.98. The second-order valence-corrected chi connectivity index (χ2v) is 4.27. The van der Waals surface area contributed by atoms with E-state index < -0.39 is 16.9 Å². The summed E-state index contributed by atoms with van der Waals surface area (Å²) in [5.74, 6) is -0.414. The van der Waals surface area contributed by atoms with Gasteiger partial charge in [0.2, 0.25) is 5.82 Å². The highest BCUT2D eigenvalue weighted by Crippen LogP contribution is 2.34. The van der Waals surface area contributed by atoms with Crippen LogP contribution in [0, 0.1) is 21.4 Å². The average Bonchev–Trinajstić information content (AvgIpc) is 2.94. The summed E-state index contributed by atoms with van der Waals surface area (Å²) in [4.78, 5) is 27.8. The summed E-state index contributed by atoms with van der Waals surface area (Å²) < 4.78 is 4.70. The monoisotopic (exact) mass is 276 g/mol. The van der Waals surface area contributed by atoms with E-state index in [1.165, 1.54) is 24.3 Å². The number of methoxy groups -OCH3 is 1. The molecule has 1 aliphatic rings. The smallest absolute Gasteiger partial charge is 0.329 e.